The molecular weight excluding hydrogens is 463 g/mol. The van der Waals surface area contributed by atoms with E-state index in [0.717, 1.165) is 60.8 Å². The van der Waals surface area contributed by atoms with Crippen LogP contribution in [0.3, 0.4) is 0 Å². The highest BCUT2D eigenvalue weighted by molar-refractivity contribution is 6.39. The lowest BCUT2D eigenvalue weighted by molar-refractivity contribution is 0.112. The van der Waals surface area contributed by atoms with Crippen LogP contribution in [0.2, 0.25) is 15.1 Å². The van der Waals surface area contributed by atoms with Gasteiger partial charge in [-0.25, -0.2) is 4.98 Å². The average Bonchev–Trinajstić information content (AvgIpc) is 2.76. The van der Waals surface area contributed by atoms with Crippen LogP contribution in [0.15, 0.2) is 36.4 Å². The molecule has 0 bridgehead atoms. The van der Waals surface area contributed by atoms with E-state index in [4.69, 9.17) is 39.8 Å². The maximum atomic E-state index is 11.4. The second-order valence-corrected chi connectivity index (χ2v) is 9.56. The molecule has 1 unspecified atom stereocenters. The number of aliphatic hydroxyl groups is 1. The Bertz CT molecular complexity index is 1040. The molecule has 1 N–H and O–H groups in total. The molecule has 2 aromatic carbocycles. The van der Waals surface area contributed by atoms with Crippen molar-refractivity contribution in [2.24, 2.45) is 0 Å². The summed E-state index contributed by atoms with van der Waals surface area (Å²) in [7, 11) is 0. The SMILES string of the molecule is CCCCN(CCCC)CC(O)c1cc(-c2c(Cl)cccc2Cl)nc2cc(Cl)c(C)cc12. The number of aliphatic hydroxyl groups excluding tert-OH is 1. The highest BCUT2D eigenvalue weighted by Crippen LogP contribution is 2.37. The molecule has 3 rings (SSSR count). The summed E-state index contributed by atoms with van der Waals surface area (Å²) in [6.07, 6.45) is 3.81. The zero-order valence-electron chi connectivity index (χ0n) is 19.0. The standard InChI is InChI=1S/C26H31Cl3N2O/c1-4-6-11-31(12-7-5-2)16-25(32)19-14-24(26-20(27)9-8-10-21(26)28)30-23-15-22(29)17(3)13-18(19)23/h8-10,13-15,25,32H,4-7,11-12,16H2,1-3H3. The van der Waals surface area contributed by atoms with Gasteiger partial charge in [-0.15, -0.1) is 0 Å². The highest BCUT2D eigenvalue weighted by atomic mass is 35.5. The van der Waals surface area contributed by atoms with Gasteiger partial charge in [0.05, 0.1) is 27.4 Å². The van der Waals surface area contributed by atoms with Crippen LogP contribution in [-0.2, 0) is 0 Å². The van der Waals surface area contributed by atoms with Crippen LogP contribution < -0.4 is 0 Å². The van der Waals surface area contributed by atoms with Gasteiger partial charge in [0.2, 0.25) is 0 Å². The number of rotatable bonds is 10. The van der Waals surface area contributed by atoms with E-state index < -0.39 is 6.10 Å². The van der Waals surface area contributed by atoms with Crippen LogP contribution in [0.25, 0.3) is 22.2 Å². The van der Waals surface area contributed by atoms with E-state index in [-0.39, 0.29) is 0 Å². The van der Waals surface area contributed by atoms with E-state index in [9.17, 15) is 5.11 Å². The fourth-order valence-corrected chi connectivity index (χ4v) is 4.68. The molecule has 1 heterocycles. The number of unbranched alkanes of at least 4 members (excludes halogenated alkanes) is 2. The molecule has 172 valence electrons. The van der Waals surface area contributed by atoms with Crippen LogP contribution in [0.1, 0.15) is 56.8 Å². The Morgan fingerprint density at radius 3 is 2.16 bits per heavy atom. The second kappa shape index (κ2) is 11.7. The number of aromatic nitrogens is 1. The molecule has 3 aromatic rings. The van der Waals surface area contributed by atoms with E-state index in [2.05, 4.69) is 18.7 Å². The number of hydrogen-bond acceptors (Lipinski definition) is 3. The van der Waals surface area contributed by atoms with Crippen LogP contribution >= 0.6 is 34.8 Å². The fraction of sp³-hybridized carbons (Fsp3) is 0.423. The summed E-state index contributed by atoms with van der Waals surface area (Å²) in [6.45, 7) is 8.87. The number of aryl methyl sites for hydroxylation is 1. The van der Waals surface area contributed by atoms with Crippen LogP contribution in [0.5, 0.6) is 0 Å². The molecule has 32 heavy (non-hydrogen) atoms. The van der Waals surface area contributed by atoms with Gasteiger partial charge in [-0.2, -0.15) is 0 Å². The summed E-state index contributed by atoms with van der Waals surface area (Å²) in [4.78, 5) is 7.17. The van der Waals surface area contributed by atoms with Crippen LogP contribution in [0, 0.1) is 6.92 Å². The zero-order valence-corrected chi connectivity index (χ0v) is 21.2. The third-order valence-corrected chi connectivity index (χ3v) is 6.82. The molecule has 6 heteroatoms. The van der Waals surface area contributed by atoms with Gasteiger partial charge < -0.3 is 10.0 Å². The van der Waals surface area contributed by atoms with Crippen molar-refractivity contribution in [1.29, 1.82) is 0 Å². The van der Waals surface area contributed by atoms with Crippen molar-refractivity contribution in [3.05, 3.63) is 62.6 Å². The van der Waals surface area contributed by atoms with Crippen molar-refractivity contribution in [2.45, 2.75) is 52.6 Å². The lowest BCUT2D eigenvalue weighted by Gasteiger charge is -2.26. The number of benzene rings is 2. The number of halogens is 3. The molecule has 0 aliphatic rings. The zero-order chi connectivity index (χ0) is 23.3. The first kappa shape index (κ1) is 25.3. The quantitative estimate of drug-likeness (QED) is 0.310. The minimum atomic E-state index is -0.671. The summed E-state index contributed by atoms with van der Waals surface area (Å²) < 4.78 is 0. The first-order chi connectivity index (χ1) is 15.3. The monoisotopic (exact) mass is 492 g/mol. The number of pyridine rings is 1. The van der Waals surface area contributed by atoms with Gasteiger partial charge in [0.1, 0.15) is 0 Å². The minimum Gasteiger partial charge on any atom is -0.387 e. The third kappa shape index (κ3) is 5.95. The van der Waals surface area contributed by atoms with Gasteiger partial charge in [0.15, 0.2) is 0 Å². The lowest BCUT2D eigenvalue weighted by atomic mass is 9.98. The predicted molar refractivity (Wildman–Crippen MR) is 138 cm³/mol. The summed E-state index contributed by atoms with van der Waals surface area (Å²) in [5, 5.41) is 14.0. The lowest BCUT2D eigenvalue weighted by Crippen LogP contribution is -2.31. The van der Waals surface area contributed by atoms with E-state index in [1.165, 1.54) is 0 Å². The highest BCUT2D eigenvalue weighted by Gasteiger charge is 2.20. The van der Waals surface area contributed by atoms with E-state index in [0.29, 0.717) is 32.9 Å². The van der Waals surface area contributed by atoms with Gasteiger partial charge >= 0.3 is 0 Å². The number of hydrogen-bond donors (Lipinski definition) is 1. The third-order valence-electron chi connectivity index (χ3n) is 5.79. The van der Waals surface area contributed by atoms with E-state index >= 15 is 0 Å². The number of nitrogens with zero attached hydrogens (tertiary/aromatic N) is 2. The molecule has 0 fully saturated rings. The largest absolute Gasteiger partial charge is 0.387 e. The van der Waals surface area contributed by atoms with Crippen LogP contribution in [0.4, 0.5) is 0 Å². The van der Waals surface area contributed by atoms with Crippen molar-refractivity contribution in [2.75, 3.05) is 19.6 Å². The van der Waals surface area contributed by atoms with Crippen LogP contribution in [-0.4, -0.2) is 34.6 Å². The average molecular weight is 494 g/mol. The smallest absolute Gasteiger partial charge is 0.0924 e. The Morgan fingerprint density at radius 2 is 1.56 bits per heavy atom. The Labute approximate surface area is 206 Å². The molecule has 0 spiro atoms. The number of fused-ring (bicyclic) bond motifs is 1. The molecule has 0 amide bonds. The first-order valence-corrected chi connectivity index (χ1v) is 12.4. The van der Waals surface area contributed by atoms with Gasteiger partial charge in [-0.1, -0.05) is 67.6 Å². The van der Waals surface area contributed by atoms with Gasteiger partial charge in [0.25, 0.3) is 0 Å². The molecule has 0 aliphatic heterocycles. The molecule has 1 atom stereocenters. The molecule has 0 radical (unpaired) electrons. The molecule has 0 saturated heterocycles. The Morgan fingerprint density at radius 1 is 0.938 bits per heavy atom. The second-order valence-electron chi connectivity index (χ2n) is 8.34. The topological polar surface area (TPSA) is 36.4 Å². The van der Waals surface area contributed by atoms with Crippen molar-refractivity contribution >= 4 is 45.7 Å². The first-order valence-electron chi connectivity index (χ1n) is 11.3. The molecule has 0 saturated carbocycles. The predicted octanol–water partition coefficient (Wildman–Crippen LogP) is 8.11. The fourth-order valence-electron chi connectivity index (χ4n) is 3.93. The van der Waals surface area contributed by atoms with Gasteiger partial charge in [-0.3, -0.25) is 0 Å². The van der Waals surface area contributed by atoms with Crippen molar-refractivity contribution in [3.8, 4) is 11.3 Å². The van der Waals surface area contributed by atoms with E-state index in [1.807, 2.05) is 31.2 Å². The Balaban J connectivity index is 2.10. The summed E-state index contributed by atoms with van der Waals surface area (Å²) in [6, 6.07) is 11.2. The van der Waals surface area contributed by atoms with Gasteiger partial charge in [-0.05, 0) is 74.3 Å². The summed E-state index contributed by atoms with van der Waals surface area (Å²) in [5.41, 5.74) is 3.79. The van der Waals surface area contributed by atoms with Gasteiger partial charge in [0, 0.05) is 22.5 Å². The summed E-state index contributed by atoms with van der Waals surface area (Å²) in [5.74, 6) is 0. The normalized spacial score (nSPS) is 12.6. The molecule has 1 aromatic heterocycles. The Hall–Kier alpha value is -1.36. The van der Waals surface area contributed by atoms with E-state index in [1.54, 1.807) is 12.1 Å². The molecule has 3 nitrogen and oxygen atoms in total. The van der Waals surface area contributed by atoms with Crippen molar-refractivity contribution < 1.29 is 5.11 Å². The van der Waals surface area contributed by atoms with Crippen molar-refractivity contribution in [3.63, 3.8) is 0 Å². The minimum absolute atomic E-state index is 0.524. The molecule has 0 aliphatic carbocycles. The molecular formula is C26H31Cl3N2O. The maximum Gasteiger partial charge on any atom is 0.0924 e. The Kier molecular flexibility index (Phi) is 9.22. The van der Waals surface area contributed by atoms with Crippen molar-refractivity contribution in [1.82, 2.24) is 9.88 Å². The maximum absolute atomic E-state index is 11.4. The summed E-state index contributed by atoms with van der Waals surface area (Å²) >= 11 is 19.4.